The van der Waals surface area contributed by atoms with Crippen molar-refractivity contribution in [2.24, 2.45) is 7.05 Å². The first kappa shape index (κ1) is 9.45. The van der Waals surface area contributed by atoms with Gasteiger partial charge in [0.2, 0.25) is 5.78 Å². The third-order valence-electron chi connectivity index (χ3n) is 1.98. The molecule has 15 heavy (non-hydrogen) atoms. The molecular weight excluding hydrogens is 198 g/mol. The average molecular weight is 207 g/mol. The fraction of sp³-hybridized carbons (Fsp3) is 0.222. The molecule has 2 aromatic rings. The van der Waals surface area contributed by atoms with Gasteiger partial charge >= 0.3 is 5.69 Å². The number of nitrogens with zero attached hydrogens (tertiary/aromatic N) is 3. The minimum atomic E-state index is -0.324. The molecule has 2 heterocycles. The topological polar surface area (TPSA) is 70.0 Å². The Balaban J connectivity index is 2.20. The molecule has 2 rings (SSSR count). The molecular formula is C9H9N3O3. The summed E-state index contributed by atoms with van der Waals surface area (Å²) in [7, 11) is 1.57. The van der Waals surface area contributed by atoms with Crippen LogP contribution in [0.4, 0.5) is 0 Å². The molecule has 0 atom stereocenters. The largest absolute Gasteiger partial charge is 0.461 e. The Kier molecular flexibility index (Phi) is 2.24. The van der Waals surface area contributed by atoms with Crippen molar-refractivity contribution in [1.29, 1.82) is 0 Å². The zero-order valence-electron chi connectivity index (χ0n) is 8.08. The van der Waals surface area contributed by atoms with E-state index < -0.39 is 0 Å². The molecule has 0 saturated carbocycles. The van der Waals surface area contributed by atoms with Crippen molar-refractivity contribution >= 4 is 5.78 Å². The normalized spacial score (nSPS) is 10.5. The molecule has 0 N–H and O–H groups in total. The number of hydrogen-bond donors (Lipinski definition) is 0. The van der Waals surface area contributed by atoms with E-state index >= 15 is 0 Å². The molecule has 6 heteroatoms. The van der Waals surface area contributed by atoms with Gasteiger partial charge in [0, 0.05) is 7.05 Å². The van der Waals surface area contributed by atoms with Crippen LogP contribution < -0.4 is 5.69 Å². The Labute approximate surface area is 84.7 Å². The van der Waals surface area contributed by atoms with Crippen LogP contribution in [0.25, 0.3) is 0 Å². The van der Waals surface area contributed by atoms with Crippen LogP contribution in [0.5, 0.6) is 0 Å². The van der Waals surface area contributed by atoms with Crippen LogP contribution >= 0.6 is 0 Å². The molecule has 0 bridgehead atoms. The van der Waals surface area contributed by atoms with Crippen LogP contribution in [0.3, 0.4) is 0 Å². The molecule has 6 nitrogen and oxygen atoms in total. The van der Waals surface area contributed by atoms with E-state index in [1.807, 2.05) is 0 Å². The van der Waals surface area contributed by atoms with Crippen molar-refractivity contribution in [1.82, 2.24) is 14.3 Å². The monoisotopic (exact) mass is 207 g/mol. The Hall–Kier alpha value is -2.11. The summed E-state index contributed by atoms with van der Waals surface area (Å²) < 4.78 is 7.30. The molecule has 0 radical (unpaired) electrons. The van der Waals surface area contributed by atoms with E-state index in [0.29, 0.717) is 0 Å². The SMILES string of the molecule is Cn1cnn(CC(=O)c2ccco2)c1=O. The molecule has 0 fully saturated rings. The third-order valence-corrected chi connectivity index (χ3v) is 1.98. The fourth-order valence-corrected chi connectivity index (χ4v) is 1.18. The summed E-state index contributed by atoms with van der Waals surface area (Å²) in [6.07, 6.45) is 2.77. The summed E-state index contributed by atoms with van der Waals surface area (Å²) in [5.41, 5.74) is -0.324. The first-order valence-electron chi connectivity index (χ1n) is 4.33. The van der Waals surface area contributed by atoms with Gasteiger partial charge in [-0.25, -0.2) is 9.48 Å². The molecule has 0 spiro atoms. The number of Topliss-reactive ketones (excluding diaryl/α,β-unsaturated/α-hetero) is 1. The van der Waals surface area contributed by atoms with Gasteiger partial charge in [-0.2, -0.15) is 5.10 Å². The molecule has 78 valence electrons. The van der Waals surface area contributed by atoms with Crippen molar-refractivity contribution in [3.05, 3.63) is 41.0 Å². The number of hydrogen-bond acceptors (Lipinski definition) is 4. The molecule has 0 unspecified atom stereocenters. The van der Waals surface area contributed by atoms with Gasteiger partial charge in [0.25, 0.3) is 0 Å². The van der Waals surface area contributed by atoms with Crippen LogP contribution in [0.15, 0.2) is 33.9 Å². The zero-order valence-corrected chi connectivity index (χ0v) is 8.08. The van der Waals surface area contributed by atoms with Gasteiger partial charge in [0.05, 0.1) is 6.26 Å². The second-order valence-electron chi connectivity index (χ2n) is 3.08. The highest BCUT2D eigenvalue weighted by Gasteiger charge is 2.12. The van der Waals surface area contributed by atoms with Gasteiger partial charge in [-0.15, -0.1) is 0 Å². The van der Waals surface area contributed by atoms with Crippen molar-refractivity contribution in [3.63, 3.8) is 0 Å². The fourth-order valence-electron chi connectivity index (χ4n) is 1.18. The lowest BCUT2D eigenvalue weighted by Gasteiger charge is -1.95. The molecule has 0 saturated heterocycles. The van der Waals surface area contributed by atoms with Gasteiger partial charge in [0.15, 0.2) is 5.76 Å². The van der Waals surface area contributed by atoms with E-state index in [-0.39, 0.29) is 23.8 Å². The Morgan fingerprint density at radius 2 is 2.40 bits per heavy atom. The van der Waals surface area contributed by atoms with Crippen LogP contribution in [-0.2, 0) is 13.6 Å². The van der Waals surface area contributed by atoms with Crippen LogP contribution in [0.2, 0.25) is 0 Å². The van der Waals surface area contributed by atoms with E-state index in [2.05, 4.69) is 5.10 Å². The first-order valence-corrected chi connectivity index (χ1v) is 4.33. The summed E-state index contributed by atoms with van der Waals surface area (Å²) in [5.74, 6) is -0.0478. The maximum absolute atomic E-state index is 11.5. The maximum atomic E-state index is 11.5. The predicted octanol–water partition coefficient (Wildman–Crippen LogP) is 0.0577. The summed E-state index contributed by atoms with van der Waals surface area (Å²) in [5, 5.41) is 3.77. The van der Waals surface area contributed by atoms with Gasteiger partial charge in [0.1, 0.15) is 12.9 Å². The molecule has 0 aliphatic rings. The quantitative estimate of drug-likeness (QED) is 0.667. The second kappa shape index (κ2) is 3.56. The lowest BCUT2D eigenvalue weighted by molar-refractivity contribution is 0.0939. The minimum Gasteiger partial charge on any atom is -0.461 e. The van der Waals surface area contributed by atoms with E-state index in [4.69, 9.17) is 4.42 Å². The van der Waals surface area contributed by atoms with Gasteiger partial charge < -0.3 is 4.42 Å². The summed E-state index contributed by atoms with van der Waals surface area (Å²) in [6.45, 7) is -0.104. The summed E-state index contributed by atoms with van der Waals surface area (Å²) in [6, 6.07) is 3.17. The highest BCUT2D eigenvalue weighted by Crippen LogP contribution is 2.01. The van der Waals surface area contributed by atoms with E-state index in [1.165, 1.54) is 17.2 Å². The Morgan fingerprint density at radius 3 is 2.93 bits per heavy atom. The maximum Gasteiger partial charge on any atom is 0.345 e. The zero-order chi connectivity index (χ0) is 10.8. The lowest BCUT2D eigenvalue weighted by Crippen LogP contribution is -2.26. The number of aryl methyl sites for hydroxylation is 1. The highest BCUT2D eigenvalue weighted by atomic mass is 16.3. The van der Waals surface area contributed by atoms with Gasteiger partial charge in [-0.05, 0) is 12.1 Å². The van der Waals surface area contributed by atoms with Crippen LogP contribution in [0.1, 0.15) is 10.6 Å². The number of carbonyl (C=O) groups is 1. The standard InChI is InChI=1S/C9H9N3O3/c1-11-6-10-12(9(11)14)5-7(13)8-3-2-4-15-8/h2-4,6H,5H2,1H3. The minimum absolute atomic E-state index is 0.104. The highest BCUT2D eigenvalue weighted by molar-refractivity contribution is 5.93. The smallest absolute Gasteiger partial charge is 0.345 e. The second-order valence-corrected chi connectivity index (χ2v) is 3.08. The van der Waals surface area contributed by atoms with E-state index in [1.54, 1.807) is 19.2 Å². The predicted molar refractivity (Wildman–Crippen MR) is 50.5 cm³/mol. The van der Waals surface area contributed by atoms with Crippen LogP contribution in [-0.4, -0.2) is 20.1 Å². The van der Waals surface area contributed by atoms with E-state index in [0.717, 1.165) is 4.68 Å². The third kappa shape index (κ3) is 1.74. The summed E-state index contributed by atoms with van der Waals surface area (Å²) >= 11 is 0. The van der Waals surface area contributed by atoms with Crippen molar-refractivity contribution in [2.75, 3.05) is 0 Å². The van der Waals surface area contributed by atoms with Crippen molar-refractivity contribution < 1.29 is 9.21 Å². The number of furan rings is 1. The van der Waals surface area contributed by atoms with Crippen molar-refractivity contribution in [2.45, 2.75) is 6.54 Å². The Morgan fingerprint density at radius 1 is 1.60 bits per heavy atom. The molecule has 0 aliphatic carbocycles. The van der Waals surface area contributed by atoms with Crippen LogP contribution in [0, 0.1) is 0 Å². The molecule has 0 amide bonds. The van der Waals surface area contributed by atoms with E-state index in [9.17, 15) is 9.59 Å². The number of carbonyl (C=O) groups excluding carboxylic acids is 1. The van der Waals surface area contributed by atoms with Gasteiger partial charge in [-0.3, -0.25) is 9.36 Å². The van der Waals surface area contributed by atoms with Crippen molar-refractivity contribution in [3.8, 4) is 0 Å². The molecule has 0 aliphatic heterocycles. The Bertz CT molecular complexity index is 521. The number of aromatic nitrogens is 3. The average Bonchev–Trinajstić information content (AvgIpc) is 2.83. The summed E-state index contributed by atoms with van der Waals surface area (Å²) in [4.78, 5) is 22.9. The number of ketones is 1. The number of rotatable bonds is 3. The molecule has 2 aromatic heterocycles. The lowest BCUT2D eigenvalue weighted by atomic mass is 10.3. The van der Waals surface area contributed by atoms with Gasteiger partial charge in [-0.1, -0.05) is 0 Å². The first-order chi connectivity index (χ1) is 7.18. The molecule has 0 aromatic carbocycles.